The van der Waals surface area contributed by atoms with Crippen molar-refractivity contribution < 1.29 is 23.0 Å². The maximum Gasteiger partial charge on any atom is 0.351 e. The Kier molecular flexibility index (Phi) is 6.82. The molecule has 0 spiro atoms. The van der Waals surface area contributed by atoms with Gasteiger partial charge in [0.2, 0.25) is 6.23 Å². The van der Waals surface area contributed by atoms with Gasteiger partial charge in [0.15, 0.2) is 0 Å². The van der Waals surface area contributed by atoms with Crippen LogP contribution < -0.4 is 11.4 Å². The van der Waals surface area contributed by atoms with Crippen LogP contribution in [0.1, 0.15) is 12.6 Å². The average molecular weight is 362 g/mol. The highest BCUT2D eigenvalue weighted by Crippen LogP contribution is 2.42. The summed E-state index contributed by atoms with van der Waals surface area (Å²) >= 11 is 0. The minimum Gasteiger partial charge on any atom is -0.383 e. The number of hydrogen-bond acceptors (Lipinski definition) is 7. The van der Waals surface area contributed by atoms with Crippen LogP contribution in [0.5, 0.6) is 0 Å². The van der Waals surface area contributed by atoms with Gasteiger partial charge < -0.3 is 19.9 Å². The molecule has 1 saturated heterocycles. The van der Waals surface area contributed by atoms with Crippen LogP contribution in [0.3, 0.4) is 0 Å². The number of nitrogen functional groups attached to an aromatic ring is 1. The highest BCUT2D eigenvalue weighted by atomic mass is 19.3. The van der Waals surface area contributed by atoms with Gasteiger partial charge in [-0.25, -0.2) is 13.6 Å². The van der Waals surface area contributed by atoms with Crippen LogP contribution in [0.4, 0.5) is 14.6 Å². The third-order valence-corrected chi connectivity index (χ3v) is 3.97. The van der Waals surface area contributed by atoms with Gasteiger partial charge in [0.1, 0.15) is 5.82 Å². The summed E-state index contributed by atoms with van der Waals surface area (Å²) in [7, 11) is 3.15. The lowest BCUT2D eigenvalue weighted by molar-refractivity contribution is -0.119. The Morgan fingerprint density at radius 2 is 2.04 bits per heavy atom. The summed E-state index contributed by atoms with van der Waals surface area (Å²) in [4.78, 5) is 17.3. The molecule has 1 aromatic rings. The van der Waals surface area contributed by atoms with E-state index in [4.69, 9.17) is 19.9 Å². The van der Waals surface area contributed by atoms with Crippen LogP contribution in [-0.2, 0) is 14.2 Å². The van der Waals surface area contributed by atoms with Crippen molar-refractivity contribution in [1.29, 1.82) is 0 Å². The van der Waals surface area contributed by atoms with E-state index < -0.39 is 30.4 Å². The van der Waals surface area contributed by atoms with Gasteiger partial charge in [0.05, 0.1) is 19.3 Å². The number of methoxy groups -OCH3 is 2. The van der Waals surface area contributed by atoms with Crippen LogP contribution >= 0.6 is 0 Å². The van der Waals surface area contributed by atoms with Gasteiger partial charge in [-0.15, -0.1) is 0 Å². The Balaban J connectivity index is 2.08. The fraction of sp³-hybridized carbons (Fsp3) is 0.733. The lowest BCUT2D eigenvalue weighted by atomic mass is 10.1. The summed E-state index contributed by atoms with van der Waals surface area (Å²) < 4.78 is 45.1. The van der Waals surface area contributed by atoms with E-state index in [1.54, 1.807) is 14.2 Å². The predicted octanol–water partition coefficient (Wildman–Crippen LogP) is 0.343. The number of hydrogen-bond donors (Lipinski definition) is 1. The maximum absolute atomic E-state index is 14.4. The monoisotopic (exact) mass is 362 g/mol. The highest BCUT2D eigenvalue weighted by molar-refractivity contribution is 5.23. The Morgan fingerprint density at radius 3 is 2.60 bits per heavy atom. The van der Waals surface area contributed by atoms with Crippen LogP contribution in [0.15, 0.2) is 17.1 Å². The molecule has 0 unspecified atom stereocenters. The SMILES string of the molecule is COCCN(CCOC)C[C@@H]1CC(F)(F)[C@H](n2ccc(N)nc2=O)O1. The molecule has 1 aliphatic heterocycles. The summed E-state index contributed by atoms with van der Waals surface area (Å²) in [5.41, 5.74) is 4.54. The molecule has 2 atom stereocenters. The van der Waals surface area contributed by atoms with Gasteiger partial charge in [-0.2, -0.15) is 4.98 Å². The quantitative estimate of drug-likeness (QED) is 0.677. The van der Waals surface area contributed by atoms with Gasteiger partial charge in [0, 0.05) is 46.5 Å². The number of aromatic nitrogens is 2. The first-order valence-electron chi connectivity index (χ1n) is 7.95. The molecule has 1 aromatic heterocycles. The Bertz CT molecular complexity index is 605. The molecule has 0 aliphatic carbocycles. The normalized spacial score (nSPS) is 22.6. The van der Waals surface area contributed by atoms with Crippen LogP contribution in [0, 0.1) is 0 Å². The zero-order chi connectivity index (χ0) is 18.4. The molecule has 0 radical (unpaired) electrons. The molecule has 1 fully saturated rings. The zero-order valence-electron chi connectivity index (χ0n) is 14.4. The van der Waals surface area contributed by atoms with E-state index in [1.165, 1.54) is 12.3 Å². The molecule has 10 heteroatoms. The molecule has 0 bridgehead atoms. The molecule has 0 amide bonds. The van der Waals surface area contributed by atoms with E-state index in [-0.39, 0.29) is 12.4 Å². The third-order valence-electron chi connectivity index (χ3n) is 3.97. The number of anilines is 1. The van der Waals surface area contributed by atoms with E-state index >= 15 is 0 Å². The molecular weight excluding hydrogens is 338 g/mol. The second-order valence-corrected chi connectivity index (χ2v) is 5.90. The van der Waals surface area contributed by atoms with Crippen molar-refractivity contribution in [2.24, 2.45) is 0 Å². The number of halogens is 2. The smallest absolute Gasteiger partial charge is 0.351 e. The fourth-order valence-electron chi connectivity index (χ4n) is 2.74. The predicted molar refractivity (Wildman–Crippen MR) is 86.6 cm³/mol. The first-order chi connectivity index (χ1) is 11.9. The largest absolute Gasteiger partial charge is 0.383 e. The molecule has 8 nitrogen and oxygen atoms in total. The highest BCUT2D eigenvalue weighted by Gasteiger charge is 2.52. The molecule has 2 rings (SSSR count). The van der Waals surface area contributed by atoms with Gasteiger partial charge in [0.25, 0.3) is 5.92 Å². The Hall–Kier alpha value is -1.62. The molecule has 142 valence electrons. The lowest BCUT2D eigenvalue weighted by Crippen LogP contribution is -2.37. The molecule has 25 heavy (non-hydrogen) atoms. The number of nitrogens with zero attached hydrogens (tertiary/aromatic N) is 3. The van der Waals surface area contributed by atoms with Crippen molar-refractivity contribution in [2.75, 3.05) is 52.8 Å². The van der Waals surface area contributed by atoms with Crippen LogP contribution in [0.2, 0.25) is 0 Å². The summed E-state index contributed by atoms with van der Waals surface area (Å²) in [5, 5.41) is 0. The van der Waals surface area contributed by atoms with Crippen molar-refractivity contribution in [3.05, 3.63) is 22.7 Å². The Labute approximate surface area is 144 Å². The number of nitrogens with two attached hydrogens (primary N) is 1. The van der Waals surface area contributed by atoms with E-state index in [2.05, 4.69) is 4.98 Å². The van der Waals surface area contributed by atoms with Gasteiger partial charge in [-0.1, -0.05) is 0 Å². The topological polar surface area (TPSA) is 91.8 Å². The minimum atomic E-state index is -3.18. The van der Waals surface area contributed by atoms with E-state index in [0.717, 1.165) is 4.57 Å². The number of rotatable bonds is 9. The molecule has 0 aromatic carbocycles. The maximum atomic E-state index is 14.4. The van der Waals surface area contributed by atoms with Crippen molar-refractivity contribution >= 4 is 5.82 Å². The average Bonchev–Trinajstić information content (AvgIpc) is 2.84. The van der Waals surface area contributed by atoms with Crippen molar-refractivity contribution in [2.45, 2.75) is 24.7 Å². The minimum absolute atomic E-state index is 0.0237. The first kappa shape index (κ1) is 19.7. The van der Waals surface area contributed by atoms with E-state index in [1.807, 2.05) is 4.90 Å². The van der Waals surface area contributed by atoms with Crippen LogP contribution in [-0.4, -0.2) is 73.5 Å². The third kappa shape index (κ3) is 5.18. The van der Waals surface area contributed by atoms with Crippen molar-refractivity contribution in [3.63, 3.8) is 0 Å². The summed E-state index contributed by atoms with van der Waals surface area (Å²) in [6.07, 6.45) is -1.72. The molecular formula is C15H24F2N4O4. The zero-order valence-corrected chi connectivity index (χ0v) is 14.4. The summed E-state index contributed by atoms with van der Waals surface area (Å²) in [6.45, 7) is 2.36. The fourth-order valence-corrected chi connectivity index (χ4v) is 2.74. The Morgan fingerprint density at radius 1 is 1.40 bits per heavy atom. The molecule has 0 saturated carbocycles. The van der Waals surface area contributed by atoms with Crippen LogP contribution in [0.25, 0.3) is 0 Å². The van der Waals surface area contributed by atoms with E-state index in [0.29, 0.717) is 26.3 Å². The van der Waals surface area contributed by atoms with Gasteiger partial charge in [-0.05, 0) is 6.07 Å². The lowest BCUT2D eigenvalue weighted by Gasteiger charge is -2.24. The summed E-state index contributed by atoms with van der Waals surface area (Å²) in [6, 6.07) is 1.29. The molecule has 2 N–H and O–H groups in total. The molecule has 1 aliphatic rings. The standard InChI is InChI=1S/C15H24F2N4O4/c1-23-7-5-20(6-8-24-2)10-11-9-15(16,17)13(25-11)21-4-3-12(18)19-14(21)22/h3-4,11,13H,5-10H2,1-2H3,(H2,18,19,22)/t11-,13+/m0/s1. The number of alkyl halides is 2. The van der Waals surface area contributed by atoms with E-state index in [9.17, 15) is 13.6 Å². The first-order valence-corrected chi connectivity index (χ1v) is 7.95. The second kappa shape index (κ2) is 8.65. The van der Waals surface area contributed by atoms with Crippen molar-refractivity contribution in [1.82, 2.24) is 14.5 Å². The van der Waals surface area contributed by atoms with Gasteiger partial charge >= 0.3 is 5.69 Å². The molecule has 2 heterocycles. The van der Waals surface area contributed by atoms with Crippen molar-refractivity contribution in [3.8, 4) is 0 Å². The number of ether oxygens (including phenoxy) is 3. The second-order valence-electron chi connectivity index (χ2n) is 5.90. The summed E-state index contributed by atoms with van der Waals surface area (Å²) in [5.74, 6) is -3.20. The van der Waals surface area contributed by atoms with Gasteiger partial charge in [-0.3, -0.25) is 9.47 Å².